The number of hydrogen-bond acceptors (Lipinski definition) is 6. The average Bonchev–Trinajstić information content (AvgIpc) is 3.54. The van der Waals surface area contributed by atoms with Crippen LogP contribution in [0, 0.1) is 28.6 Å². The SMILES string of the molecule is CCOc1ccc(C=C[C@H]2C[C@@H](O[Si](C)(C)C(C)(C)C)CC[C@]2(C)C2CC[C@@]3(C)C(CCC34OCCO4)[C@@H]2OC(C)=O)cc1. The highest BCUT2D eigenvalue weighted by molar-refractivity contribution is 6.74. The van der Waals surface area contributed by atoms with Gasteiger partial charge >= 0.3 is 5.97 Å². The first-order valence-electron chi connectivity index (χ1n) is 17.2. The molecule has 3 saturated carbocycles. The smallest absolute Gasteiger partial charge is 0.302 e. The van der Waals surface area contributed by atoms with E-state index in [1.165, 1.54) is 5.56 Å². The van der Waals surface area contributed by atoms with Gasteiger partial charge in [-0.2, -0.15) is 0 Å². The van der Waals surface area contributed by atoms with Gasteiger partial charge in [-0.15, -0.1) is 0 Å². The molecule has 3 aliphatic carbocycles. The van der Waals surface area contributed by atoms with Gasteiger partial charge in [-0.1, -0.05) is 58.9 Å². The molecular formula is C37H58O6Si. The second-order valence-electron chi connectivity index (χ2n) is 16.0. The van der Waals surface area contributed by atoms with Crippen molar-refractivity contribution in [2.75, 3.05) is 19.8 Å². The van der Waals surface area contributed by atoms with Crippen LogP contribution in [0.1, 0.15) is 99.0 Å². The van der Waals surface area contributed by atoms with Crippen molar-refractivity contribution < 1.29 is 28.2 Å². The van der Waals surface area contributed by atoms with E-state index in [1.54, 1.807) is 6.92 Å². The zero-order chi connectivity index (χ0) is 32.0. The summed E-state index contributed by atoms with van der Waals surface area (Å²) in [6.45, 7) is 22.1. The van der Waals surface area contributed by atoms with Crippen LogP contribution in [0.5, 0.6) is 5.75 Å². The number of benzene rings is 1. The van der Waals surface area contributed by atoms with E-state index in [1.807, 2.05) is 6.92 Å². The molecule has 0 bridgehead atoms. The summed E-state index contributed by atoms with van der Waals surface area (Å²) < 4.78 is 31.8. The lowest BCUT2D eigenvalue weighted by Gasteiger charge is -2.57. The quantitative estimate of drug-likeness (QED) is 0.212. The molecule has 0 radical (unpaired) electrons. The highest BCUT2D eigenvalue weighted by Crippen LogP contribution is 2.65. The molecule has 1 aromatic rings. The summed E-state index contributed by atoms with van der Waals surface area (Å²) in [5, 5.41) is 0.165. The first-order chi connectivity index (χ1) is 20.6. The maximum Gasteiger partial charge on any atom is 0.302 e. The van der Waals surface area contributed by atoms with Gasteiger partial charge < -0.3 is 23.4 Å². The Labute approximate surface area is 267 Å². The lowest BCUT2D eigenvalue weighted by atomic mass is 9.51. The Morgan fingerprint density at radius 2 is 1.66 bits per heavy atom. The third kappa shape index (κ3) is 6.20. The van der Waals surface area contributed by atoms with E-state index in [0.29, 0.717) is 25.7 Å². The fourth-order valence-electron chi connectivity index (χ4n) is 8.88. The average molecular weight is 627 g/mol. The van der Waals surface area contributed by atoms with Gasteiger partial charge in [0.15, 0.2) is 14.1 Å². The van der Waals surface area contributed by atoms with E-state index in [0.717, 1.165) is 50.7 Å². The van der Waals surface area contributed by atoms with Crippen molar-refractivity contribution in [2.24, 2.45) is 28.6 Å². The predicted octanol–water partition coefficient (Wildman–Crippen LogP) is 8.80. The largest absolute Gasteiger partial charge is 0.494 e. The number of carbonyl (C=O) groups excluding carboxylic acids is 1. The normalized spacial score (nSPS) is 35.6. The molecule has 0 N–H and O–H groups in total. The maximum absolute atomic E-state index is 12.7. The van der Waals surface area contributed by atoms with Crippen molar-refractivity contribution in [3.63, 3.8) is 0 Å². The number of allylic oxidation sites excluding steroid dienone is 1. The van der Waals surface area contributed by atoms with Crippen LogP contribution < -0.4 is 4.74 Å². The van der Waals surface area contributed by atoms with Crippen molar-refractivity contribution in [3.05, 3.63) is 35.9 Å². The molecule has 1 aromatic carbocycles. The molecular weight excluding hydrogens is 568 g/mol. The first-order valence-corrected chi connectivity index (χ1v) is 20.1. The predicted molar refractivity (Wildman–Crippen MR) is 178 cm³/mol. The van der Waals surface area contributed by atoms with E-state index in [2.05, 4.69) is 84.1 Å². The topological polar surface area (TPSA) is 63.2 Å². The zero-order valence-electron chi connectivity index (χ0n) is 28.9. The summed E-state index contributed by atoms with van der Waals surface area (Å²) in [5.74, 6) is 0.942. The van der Waals surface area contributed by atoms with Gasteiger partial charge in [-0.05, 0) is 92.6 Å². The third-order valence-corrected chi connectivity index (χ3v) is 17.0. The van der Waals surface area contributed by atoms with Crippen LogP contribution in [-0.2, 0) is 23.4 Å². The van der Waals surface area contributed by atoms with Gasteiger partial charge in [-0.3, -0.25) is 4.79 Å². The molecule has 246 valence electrons. The van der Waals surface area contributed by atoms with Gasteiger partial charge in [0.05, 0.1) is 19.8 Å². The minimum Gasteiger partial charge on any atom is -0.494 e. The van der Waals surface area contributed by atoms with E-state index >= 15 is 0 Å². The van der Waals surface area contributed by atoms with Gasteiger partial charge in [0.25, 0.3) is 0 Å². The van der Waals surface area contributed by atoms with Crippen molar-refractivity contribution >= 4 is 20.4 Å². The molecule has 1 aliphatic heterocycles. The fraction of sp³-hybridized carbons (Fsp3) is 0.757. The molecule has 1 saturated heterocycles. The molecule has 7 atom stereocenters. The van der Waals surface area contributed by atoms with Crippen molar-refractivity contribution in [1.29, 1.82) is 0 Å². The van der Waals surface area contributed by atoms with Gasteiger partial charge in [-0.25, -0.2) is 0 Å². The first kappa shape index (κ1) is 33.7. The van der Waals surface area contributed by atoms with Crippen LogP contribution in [0.3, 0.4) is 0 Å². The molecule has 6 nitrogen and oxygen atoms in total. The molecule has 4 fully saturated rings. The number of esters is 1. The summed E-state index contributed by atoms with van der Waals surface area (Å²) in [6, 6.07) is 8.37. The Bertz CT molecular complexity index is 1180. The summed E-state index contributed by atoms with van der Waals surface area (Å²) in [7, 11) is -1.93. The fourth-order valence-corrected chi connectivity index (χ4v) is 10.3. The summed E-state index contributed by atoms with van der Waals surface area (Å²) in [6.07, 6.45) is 11.7. The number of ether oxygens (including phenoxy) is 4. The number of carbonyl (C=O) groups is 1. The van der Waals surface area contributed by atoms with Crippen LogP contribution in [0.4, 0.5) is 0 Å². The Hall–Kier alpha value is -1.67. The van der Waals surface area contributed by atoms with Crippen LogP contribution in [0.15, 0.2) is 30.3 Å². The third-order valence-electron chi connectivity index (χ3n) is 12.5. The maximum atomic E-state index is 12.7. The molecule has 0 aromatic heterocycles. The minimum absolute atomic E-state index is 0.0381. The number of hydrogen-bond donors (Lipinski definition) is 0. The lowest BCUT2D eigenvalue weighted by molar-refractivity contribution is -0.252. The highest BCUT2D eigenvalue weighted by atomic mass is 28.4. The molecule has 1 heterocycles. The molecule has 7 heteroatoms. The number of fused-ring (bicyclic) bond motifs is 2. The van der Waals surface area contributed by atoms with Crippen LogP contribution >= 0.6 is 0 Å². The molecule has 0 amide bonds. The van der Waals surface area contributed by atoms with Gasteiger partial charge in [0.1, 0.15) is 11.9 Å². The Balaban J connectivity index is 1.46. The highest BCUT2D eigenvalue weighted by Gasteiger charge is 2.67. The van der Waals surface area contributed by atoms with E-state index < -0.39 is 14.1 Å². The van der Waals surface area contributed by atoms with Crippen LogP contribution in [0.25, 0.3) is 6.08 Å². The van der Waals surface area contributed by atoms with Crippen molar-refractivity contribution in [1.82, 2.24) is 0 Å². The summed E-state index contributed by atoms with van der Waals surface area (Å²) >= 11 is 0. The van der Waals surface area contributed by atoms with E-state index in [-0.39, 0.29) is 45.9 Å². The standard InChI is InChI=1S/C37H58O6Si/c1-10-39-29-15-12-27(13-16-29)11-14-28-25-30(43-44(8,9)34(3,4)5)17-20-35(28,6)31-18-21-36(7)32(33(31)42-26(2)38)19-22-37(36)40-23-24-41-37/h11-16,28,30-33H,10,17-25H2,1-9H3/t28-,30-,31?,32?,33+,35-,36-/m0/s1. The van der Waals surface area contributed by atoms with Gasteiger partial charge in [0, 0.05) is 36.7 Å². The lowest BCUT2D eigenvalue weighted by Crippen LogP contribution is -2.58. The van der Waals surface area contributed by atoms with Crippen molar-refractivity contribution in [3.8, 4) is 5.75 Å². The van der Waals surface area contributed by atoms with Crippen LogP contribution in [0.2, 0.25) is 18.1 Å². The second-order valence-corrected chi connectivity index (χ2v) is 20.7. The summed E-state index contributed by atoms with van der Waals surface area (Å²) in [4.78, 5) is 12.7. The monoisotopic (exact) mass is 626 g/mol. The molecule has 4 aliphatic rings. The molecule has 2 unspecified atom stereocenters. The van der Waals surface area contributed by atoms with E-state index in [4.69, 9.17) is 23.4 Å². The zero-order valence-corrected chi connectivity index (χ0v) is 29.9. The Morgan fingerprint density at radius 3 is 2.27 bits per heavy atom. The summed E-state index contributed by atoms with van der Waals surface area (Å²) in [5.41, 5.74) is 0.973. The molecule has 44 heavy (non-hydrogen) atoms. The van der Waals surface area contributed by atoms with Gasteiger partial charge in [0.2, 0.25) is 0 Å². The van der Waals surface area contributed by atoms with E-state index in [9.17, 15) is 4.79 Å². The Morgan fingerprint density at radius 1 is 1.00 bits per heavy atom. The Kier molecular flexibility index (Phi) is 9.57. The molecule has 1 spiro atoms. The van der Waals surface area contributed by atoms with Crippen LogP contribution in [-0.4, -0.2) is 52.1 Å². The molecule has 5 rings (SSSR count). The van der Waals surface area contributed by atoms with Crippen molar-refractivity contribution in [2.45, 2.75) is 130 Å². The second kappa shape index (κ2) is 12.5. The number of rotatable bonds is 8. The minimum atomic E-state index is -1.93.